The number of rotatable bonds is 12. The second-order valence-corrected chi connectivity index (χ2v) is 12.3. The molecule has 3 aromatic carbocycles. The number of aryl methyl sites for hydroxylation is 1. The van der Waals surface area contributed by atoms with Crippen LogP contribution < -0.4 is 14.4 Å². The molecule has 0 aromatic heterocycles. The fraction of sp³-hybridized carbons (Fsp3) is 0.375. The minimum Gasteiger partial charge on any atom is -0.495 e. The van der Waals surface area contributed by atoms with Crippen LogP contribution >= 0.6 is 0 Å². The highest BCUT2D eigenvalue weighted by Gasteiger charge is 2.35. The second-order valence-electron chi connectivity index (χ2n) is 10.4. The topological polar surface area (TPSA) is 96.0 Å². The van der Waals surface area contributed by atoms with Gasteiger partial charge in [-0.25, -0.2) is 8.42 Å². The number of nitrogens with zero attached hydrogens (tertiary/aromatic N) is 2. The normalized spacial score (nSPS) is 14.3. The summed E-state index contributed by atoms with van der Waals surface area (Å²) >= 11 is 0. The molecule has 1 N–H and O–H groups in total. The van der Waals surface area contributed by atoms with Crippen LogP contribution in [0.5, 0.6) is 5.75 Å². The molecule has 1 fully saturated rings. The molecule has 41 heavy (non-hydrogen) atoms. The van der Waals surface area contributed by atoms with Crippen molar-refractivity contribution in [3.05, 3.63) is 90.0 Å². The number of anilines is 1. The monoisotopic (exact) mass is 577 g/mol. The Morgan fingerprint density at radius 1 is 0.951 bits per heavy atom. The quantitative estimate of drug-likeness (QED) is 0.325. The highest BCUT2D eigenvalue weighted by molar-refractivity contribution is 7.92. The Hall–Kier alpha value is -3.85. The summed E-state index contributed by atoms with van der Waals surface area (Å²) in [7, 11) is -2.71. The SMILES string of the molecule is CCC(C(=O)NC1CCCC1)N(Cc1ccccc1)C(=O)CN(c1ccccc1OC)S(=O)(=O)c1ccc(C)cc1. The van der Waals surface area contributed by atoms with Gasteiger partial charge in [-0.05, 0) is 56.0 Å². The van der Waals surface area contributed by atoms with E-state index in [4.69, 9.17) is 4.74 Å². The number of sulfonamides is 1. The molecule has 8 nitrogen and oxygen atoms in total. The molecule has 3 aromatic rings. The molecule has 1 atom stereocenters. The molecule has 0 saturated heterocycles. The van der Waals surface area contributed by atoms with Gasteiger partial charge in [0.15, 0.2) is 0 Å². The molecule has 1 unspecified atom stereocenters. The van der Waals surface area contributed by atoms with Gasteiger partial charge in [-0.15, -0.1) is 0 Å². The van der Waals surface area contributed by atoms with Crippen LogP contribution in [-0.4, -0.2) is 50.9 Å². The van der Waals surface area contributed by atoms with Crippen molar-refractivity contribution in [3.8, 4) is 5.75 Å². The first-order chi connectivity index (χ1) is 19.7. The van der Waals surface area contributed by atoms with Gasteiger partial charge >= 0.3 is 0 Å². The number of benzene rings is 3. The largest absolute Gasteiger partial charge is 0.495 e. The molecule has 1 aliphatic carbocycles. The van der Waals surface area contributed by atoms with Crippen molar-refractivity contribution < 1.29 is 22.7 Å². The van der Waals surface area contributed by atoms with Crippen LogP contribution in [0, 0.1) is 6.92 Å². The van der Waals surface area contributed by atoms with Crippen molar-refractivity contribution in [1.82, 2.24) is 10.2 Å². The summed E-state index contributed by atoms with van der Waals surface area (Å²) in [5, 5.41) is 3.13. The molecule has 0 heterocycles. The van der Waals surface area contributed by atoms with Crippen molar-refractivity contribution in [1.29, 1.82) is 0 Å². The minimum atomic E-state index is -4.17. The average molecular weight is 578 g/mol. The highest BCUT2D eigenvalue weighted by Crippen LogP contribution is 2.32. The van der Waals surface area contributed by atoms with E-state index in [-0.39, 0.29) is 29.1 Å². The Labute approximate surface area is 243 Å². The lowest BCUT2D eigenvalue weighted by molar-refractivity contribution is -0.140. The third-order valence-electron chi connectivity index (χ3n) is 7.52. The number of ether oxygens (including phenoxy) is 1. The van der Waals surface area contributed by atoms with Crippen molar-refractivity contribution >= 4 is 27.5 Å². The molecule has 0 aliphatic heterocycles. The molecule has 0 radical (unpaired) electrons. The maximum absolute atomic E-state index is 14.2. The van der Waals surface area contributed by atoms with E-state index in [0.29, 0.717) is 12.2 Å². The van der Waals surface area contributed by atoms with Gasteiger partial charge in [0.25, 0.3) is 10.0 Å². The Morgan fingerprint density at radius 3 is 2.22 bits per heavy atom. The summed E-state index contributed by atoms with van der Waals surface area (Å²) < 4.78 is 34.7. The maximum Gasteiger partial charge on any atom is 0.264 e. The maximum atomic E-state index is 14.2. The molecule has 0 spiro atoms. The summed E-state index contributed by atoms with van der Waals surface area (Å²) in [4.78, 5) is 29.3. The zero-order valence-electron chi connectivity index (χ0n) is 24.0. The number of methoxy groups -OCH3 is 1. The van der Waals surface area contributed by atoms with Crippen LogP contribution in [0.3, 0.4) is 0 Å². The summed E-state index contributed by atoms with van der Waals surface area (Å²) in [5.74, 6) is -0.380. The molecular weight excluding hydrogens is 538 g/mol. The smallest absolute Gasteiger partial charge is 0.264 e. The van der Waals surface area contributed by atoms with Gasteiger partial charge in [0.05, 0.1) is 17.7 Å². The summed E-state index contributed by atoms with van der Waals surface area (Å²) in [6.45, 7) is 3.41. The van der Waals surface area contributed by atoms with Crippen molar-refractivity contribution in [2.24, 2.45) is 0 Å². The molecule has 218 valence electrons. The summed E-state index contributed by atoms with van der Waals surface area (Å²) in [5.41, 5.74) is 2.00. The lowest BCUT2D eigenvalue weighted by atomic mass is 10.1. The Morgan fingerprint density at radius 2 is 1.59 bits per heavy atom. The van der Waals surface area contributed by atoms with E-state index in [0.717, 1.165) is 41.1 Å². The van der Waals surface area contributed by atoms with Gasteiger partial charge in [0.2, 0.25) is 11.8 Å². The van der Waals surface area contributed by atoms with Crippen molar-refractivity contribution in [3.63, 3.8) is 0 Å². The van der Waals surface area contributed by atoms with Crippen LogP contribution in [0.2, 0.25) is 0 Å². The van der Waals surface area contributed by atoms with Crippen molar-refractivity contribution in [2.45, 2.75) is 69.5 Å². The first-order valence-corrected chi connectivity index (χ1v) is 15.5. The van der Waals surface area contributed by atoms with Crippen LogP contribution in [0.4, 0.5) is 5.69 Å². The summed E-state index contributed by atoms with van der Waals surface area (Å²) in [6.07, 6.45) is 4.37. The standard InChI is InChI=1S/C32H39N3O5S/c1-4-28(32(37)33-26-14-8-9-15-26)34(22-25-12-6-5-7-13-25)31(36)23-35(29-16-10-11-17-30(29)40-3)41(38,39)27-20-18-24(2)19-21-27/h5-7,10-13,16-21,26,28H,4,8-9,14-15,22-23H2,1-3H3,(H,33,37). The van der Waals surface area contributed by atoms with E-state index in [1.54, 1.807) is 36.4 Å². The zero-order valence-corrected chi connectivity index (χ0v) is 24.8. The second kappa shape index (κ2) is 13.7. The van der Waals surface area contributed by atoms with Gasteiger partial charge in [-0.2, -0.15) is 0 Å². The number of hydrogen-bond acceptors (Lipinski definition) is 5. The summed E-state index contributed by atoms with van der Waals surface area (Å²) in [6, 6.07) is 22.0. The van der Waals surface area contributed by atoms with E-state index < -0.39 is 28.5 Å². The van der Waals surface area contributed by atoms with Crippen LogP contribution in [0.25, 0.3) is 0 Å². The number of carbonyl (C=O) groups is 2. The predicted octanol–water partition coefficient (Wildman–Crippen LogP) is 5.07. The van der Waals surface area contributed by atoms with Gasteiger partial charge in [0.1, 0.15) is 18.3 Å². The fourth-order valence-electron chi connectivity index (χ4n) is 5.25. The van der Waals surface area contributed by atoms with E-state index in [1.165, 1.54) is 24.1 Å². The average Bonchev–Trinajstić information content (AvgIpc) is 3.49. The van der Waals surface area contributed by atoms with Crippen LogP contribution in [-0.2, 0) is 26.2 Å². The van der Waals surface area contributed by atoms with Gasteiger partial charge in [-0.3, -0.25) is 13.9 Å². The van der Waals surface area contributed by atoms with Gasteiger partial charge < -0.3 is 15.0 Å². The Bertz CT molecular complexity index is 1420. The van der Waals surface area contributed by atoms with E-state index >= 15 is 0 Å². The molecule has 1 aliphatic rings. The Kier molecular flexibility index (Phi) is 10.0. The van der Waals surface area contributed by atoms with E-state index in [1.807, 2.05) is 44.2 Å². The lowest BCUT2D eigenvalue weighted by Crippen LogP contribution is -2.53. The molecule has 2 amide bonds. The number of para-hydroxylation sites is 2. The molecule has 0 bridgehead atoms. The minimum absolute atomic E-state index is 0.0578. The van der Waals surface area contributed by atoms with E-state index in [9.17, 15) is 18.0 Å². The van der Waals surface area contributed by atoms with Crippen LogP contribution in [0.15, 0.2) is 83.8 Å². The first kappa shape index (κ1) is 30.1. The van der Waals surface area contributed by atoms with Crippen LogP contribution in [0.1, 0.15) is 50.2 Å². The fourth-order valence-corrected chi connectivity index (χ4v) is 6.68. The third kappa shape index (κ3) is 7.27. The molecular formula is C32H39N3O5S. The van der Waals surface area contributed by atoms with E-state index in [2.05, 4.69) is 5.32 Å². The molecule has 1 saturated carbocycles. The predicted molar refractivity (Wildman–Crippen MR) is 160 cm³/mol. The lowest BCUT2D eigenvalue weighted by Gasteiger charge is -2.34. The number of nitrogens with one attached hydrogen (secondary N) is 1. The van der Waals surface area contributed by atoms with Gasteiger partial charge in [-0.1, -0.05) is 79.9 Å². The Balaban J connectivity index is 1.73. The highest BCUT2D eigenvalue weighted by atomic mass is 32.2. The number of hydrogen-bond donors (Lipinski definition) is 1. The molecule has 9 heteroatoms. The zero-order chi connectivity index (χ0) is 29.4. The van der Waals surface area contributed by atoms with Crippen molar-refractivity contribution in [2.75, 3.05) is 18.0 Å². The number of amides is 2. The third-order valence-corrected chi connectivity index (χ3v) is 9.30. The number of carbonyl (C=O) groups excluding carboxylic acids is 2. The van der Waals surface area contributed by atoms with Gasteiger partial charge in [0, 0.05) is 12.6 Å². The first-order valence-electron chi connectivity index (χ1n) is 14.1. The molecule has 4 rings (SSSR count).